The Kier molecular flexibility index (Phi) is 1.94. The van der Waals surface area contributed by atoms with Crippen molar-refractivity contribution in [3.8, 4) is 0 Å². The molecular weight excluding hydrogens is 223 g/mol. The van der Waals surface area contributed by atoms with Gasteiger partial charge < -0.3 is 0 Å². The molecule has 1 saturated carbocycles. The van der Waals surface area contributed by atoms with Crippen molar-refractivity contribution in [1.29, 1.82) is 0 Å². The van der Waals surface area contributed by atoms with E-state index in [2.05, 4.69) is 22.0 Å². The first-order valence-corrected chi connectivity index (χ1v) is 4.90. The summed E-state index contributed by atoms with van der Waals surface area (Å²) in [4.78, 5) is 0. The average molecular weight is 232 g/mol. The maximum Gasteiger partial charge on any atom is 0.0582 e. The molecule has 1 fully saturated rings. The van der Waals surface area contributed by atoms with Crippen LogP contribution in [0.3, 0.4) is 0 Å². The van der Waals surface area contributed by atoms with Gasteiger partial charge in [-0.25, -0.2) is 0 Å². The van der Waals surface area contributed by atoms with Crippen LogP contribution in [0.25, 0.3) is 0 Å². The van der Waals surface area contributed by atoms with E-state index in [0.29, 0.717) is 0 Å². The average Bonchev–Trinajstić information content (AvgIpc) is 2.77. The highest BCUT2D eigenvalue weighted by molar-refractivity contribution is 9.10. The summed E-state index contributed by atoms with van der Waals surface area (Å²) < 4.78 is 1.02. The highest BCUT2D eigenvalue weighted by Gasteiger charge is 2.25. The highest BCUT2D eigenvalue weighted by atomic mass is 79.9. The molecule has 0 aromatic heterocycles. The van der Waals surface area contributed by atoms with E-state index >= 15 is 0 Å². The Hall–Kier alpha value is -0.0100. The molecule has 0 unspecified atom stereocenters. The van der Waals surface area contributed by atoms with Crippen LogP contribution in [0.1, 0.15) is 24.3 Å². The zero-order valence-corrected chi connectivity index (χ0v) is 8.32. The van der Waals surface area contributed by atoms with Crippen molar-refractivity contribution >= 4 is 27.5 Å². The van der Waals surface area contributed by atoms with Crippen LogP contribution in [-0.2, 0) is 0 Å². The van der Waals surface area contributed by atoms with Gasteiger partial charge in [-0.15, -0.1) is 0 Å². The zero-order valence-electron chi connectivity index (χ0n) is 5.98. The monoisotopic (exact) mass is 230 g/mol. The van der Waals surface area contributed by atoms with Gasteiger partial charge in [0.25, 0.3) is 0 Å². The molecule has 1 aliphatic carbocycles. The topological polar surface area (TPSA) is 0 Å². The number of hydrogen-bond acceptors (Lipinski definition) is 0. The number of rotatable bonds is 1. The Morgan fingerprint density at radius 3 is 2.73 bits per heavy atom. The molecular formula is C9H8BrCl. The first-order chi connectivity index (χ1) is 5.29. The molecule has 1 aliphatic rings. The van der Waals surface area contributed by atoms with Crippen LogP contribution in [0.15, 0.2) is 22.7 Å². The number of benzene rings is 1. The number of halogens is 2. The smallest absolute Gasteiger partial charge is 0.0582 e. The lowest BCUT2D eigenvalue weighted by Gasteiger charge is -2.02. The number of hydrogen-bond donors (Lipinski definition) is 0. The molecule has 0 nitrogen and oxygen atoms in total. The molecule has 1 aromatic rings. The van der Waals surface area contributed by atoms with Gasteiger partial charge in [0, 0.05) is 4.47 Å². The van der Waals surface area contributed by atoms with Crippen molar-refractivity contribution in [2.45, 2.75) is 18.8 Å². The van der Waals surface area contributed by atoms with E-state index < -0.39 is 0 Å². The molecule has 1 aromatic carbocycles. The normalized spacial score (nSPS) is 16.9. The maximum atomic E-state index is 6.08. The molecule has 0 spiro atoms. The van der Waals surface area contributed by atoms with Crippen molar-refractivity contribution in [3.05, 3.63) is 33.3 Å². The Bertz CT molecular complexity index is 279. The minimum Gasteiger partial charge on any atom is -0.0828 e. The third-order valence-corrected chi connectivity index (χ3v) is 3.31. The molecule has 0 saturated heterocycles. The van der Waals surface area contributed by atoms with E-state index in [1.165, 1.54) is 18.4 Å². The Labute approximate surface area is 79.7 Å². The van der Waals surface area contributed by atoms with Gasteiger partial charge in [-0.05, 0) is 46.3 Å². The first-order valence-electron chi connectivity index (χ1n) is 3.73. The van der Waals surface area contributed by atoms with Gasteiger partial charge in [0.15, 0.2) is 0 Å². The minimum absolute atomic E-state index is 0.736. The van der Waals surface area contributed by atoms with Crippen molar-refractivity contribution in [2.75, 3.05) is 0 Å². The molecule has 2 heteroatoms. The summed E-state index contributed by atoms with van der Waals surface area (Å²) >= 11 is 9.49. The predicted octanol–water partition coefficient (Wildman–Crippen LogP) is 3.98. The fourth-order valence-electron chi connectivity index (χ4n) is 1.23. The zero-order chi connectivity index (χ0) is 7.84. The molecule has 0 atom stereocenters. The second-order valence-electron chi connectivity index (χ2n) is 2.92. The van der Waals surface area contributed by atoms with Crippen LogP contribution in [0.4, 0.5) is 0 Å². The van der Waals surface area contributed by atoms with E-state index in [4.69, 9.17) is 11.6 Å². The third-order valence-electron chi connectivity index (χ3n) is 2.00. The third kappa shape index (κ3) is 1.45. The van der Waals surface area contributed by atoms with Crippen LogP contribution in [-0.4, -0.2) is 0 Å². The molecule has 0 heterocycles. The van der Waals surface area contributed by atoms with E-state index in [1.807, 2.05) is 12.1 Å². The minimum atomic E-state index is 0.736. The van der Waals surface area contributed by atoms with Crippen molar-refractivity contribution < 1.29 is 0 Å². The Balaban J connectivity index is 2.45. The second-order valence-corrected chi connectivity index (χ2v) is 4.15. The van der Waals surface area contributed by atoms with Crippen LogP contribution >= 0.6 is 27.5 Å². The Morgan fingerprint density at radius 1 is 1.36 bits per heavy atom. The molecule has 2 rings (SSSR count). The lowest BCUT2D eigenvalue weighted by atomic mass is 10.1. The fraction of sp³-hybridized carbons (Fsp3) is 0.333. The van der Waals surface area contributed by atoms with Gasteiger partial charge in [-0.1, -0.05) is 23.7 Å². The summed E-state index contributed by atoms with van der Waals surface area (Å²) in [6.07, 6.45) is 2.60. The summed E-state index contributed by atoms with van der Waals surface area (Å²) in [7, 11) is 0. The second kappa shape index (κ2) is 2.80. The molecule has 0 aliphatic heterocycles. The Morgan fingerprint density at radius 2 is 2.09 bits per heavy atom. The van der Waals surface area contributed by atoms with E-state index in [9.17, 15) is 0 Å². The maximum absolute atomic E-state index is 6.08. The van der Waals surface area contributed by atoms with E-state index in [0.717, 1.165) is 15.4 Å². The quantitative estimate of drug-likeness (QED) is 0.686. The van der Waals surface area contributed by atoms with Gasteiger partial charge in [0.2, 0.25) is 0 Å². The molecule has 0 radical (unpaired) electrons. The van der Waals surface area contributed by atoms with Gasteiger partial charge in [-0.2, -0.15) is 0 Å². The SMILES string of the molecule is Clc1c(Br)cccc1C1CC1. The summed E-state index contributed by atoms with van der Waals surface area (Å²) in [5.74, 6) is 0.736. The van der Waals surface area contributed by atoms with E-state index in [1.54, 1.807) is 0 Å². The standard InChI is InChI=1S/C9H8BrCl/c10-8-3-1-2-7(9(8)11)6-4-5-6/h1-3,6H,4-5H2. The highest BCUT2D eigenvalue weighted by Crippen LogP contribution is 2.44. The lowest BCUT2D eigenvalue weighted by Crippen LogP contribution is -1.80. The molecule has 0 N–H and O–H groups in total. The van der Waals surface area contributed by atoms with E-state index in [-0.39, 0.29) is 0 Å². The molecule has 11 heavy (non-hydrogen) atoms. The summed E-state index contributed by atoms with van der Waals surface area (Å²) in [5, 5.41) is 0.898. The molecule has 58 valence electrons. The van der Waals surface area contributed by atoms with Crippen LogP contribution in [0.2, 0.25) is 5.02 Å². The predicted molar refractivity (Wildman–Crippen MR) is 51.1 cm³/mol. The van der Waals surface area contributed by atoms with Crippen LogP contribution in [0, 0.1) is 0 Å². The fourth-order valence-corrected chi connectivity index (χ4v) is 1.89. The lowest BCUT2D eigenvalue weighted by molar-refractivity contribution is 1.13. The summed E-state index contributed by atoms with van der Waals surface area (Å²) in [5.41, 5.74) is 1.31. The van der Waals surface area contributed by atoms with Crippen LogP contribution in [0.5, 0.6) is 0 Å². The van der Waals surface area contributed by atoms with Crippen molar-refractivity contribution in [1.82, 2.24) is 0 Å². The van der Waals surface area contributed by atoms with Gasteiger partial charge in [-0.3, -0.25) is 0 Å². The van der Waals surface area contributed by atoms with Gasteiger partial charge in [0.05, 0.1) is 5.02 Å². The van der Waals surface area contributed by atoms with Gasteiger partial charge in [0.1, 0.15) is 0 Å². The van der Waals surface area contributed by atoms with Crippen molar-refractivity contribution in [3.63, 3.8) is 0 Å². The van der Waals surface area contributed by atoms with Gasteiger partial charge >= 0.3 is 0 Å². The largest absolute Gasteiger partial charge is 0.0828 e. The van der Waals surface area contributed by atoms with Crippen LogP contribution < -0.4 is 0 Å². The van der Waals surface area contributed by atoms with Crippen molar-refractivity contribution in [2.24, 2.45) is 0 Å². The summed E-state index contributed by atoms with van der Waals surface area (Å²) in [6, 6.07) is 6.14. The summed E-state index contributed by atoms with van der Waals surface area (Å²) in [6.45, 7) is 0. The first kappa shape index (κ1) is 7.63. The molecule has 0 amide bonds. The molecule has 0 bridgehead atoms.